The van der Waals surface area contributed by atoms with Gasteiger partial charge in [0.1, 0.15) is 8.51 Å². The molecule has 0 aromatic carbocycles. The summed E-state index contributed by atoms with van der Waals surface area (Å²) in [5.41, 5.74) is 0. The highest BCUT2D eigenvalue weighted by molar-refractivity contribution is 7.50. The molecule has 0 aliphatic rings. The second-order valence-electron chi connectivity index (χ2n) is 1.23. The Hall–Kier alpha value is 0.260. The molecule has 0 saturated carbocycles. The minimum absolute atomic E-state index is 0.590. The third-order valence-corrected chi connectivity index (χ3v) is 4.20. The van der Waals surface area contributed by atoms with Gasteiger partial charge >= 0.3 is 0 Å². The number of nitrogens with one attached hydrogen (secondary N) is 2. The molecule has 4 nitrogen and oxygen atoms in total. The van der Waals surface area contributed by atoms with Gasteiger partial charge in [-0.3, -0.25) is 4.51 Å². The Morgan fingerprint density at radius 1 is 1.89 bits per heavy atom. The second kappa shape index (κ2) is 4.14. The van der Waals surface area contributed by atoms with Crippen LogP contribution in [0.2, 0.25) is 0 Å². The SMILES string of the molecule is CCOp1np[nH][pH][nH]1. The minimum atomic E-state index is -0.659. The van der Waals surface area contributed by atoms with E-state index in [9.17, 15) is 0 Å². The van der Waals surface area contributed by atoms with E-state index >= 15 is 0 Å². The van der Waals surface area contributed by atoms with Crippen LogP contribution in [0.5, 0.6) is 0 Å². The van der Waals surface area contributed by atoms with Crippen molar-refractivity contribution in [2.75, 3.05) is 6.61 Å². The van der Waals surface area contributed by atoms with Crippen LogP contribution in [-0.2, 0) is 0 Å². The van der Waals surface area contributed by atoms with Crippen LogP contribution in [0.4, 0.5) is 0 Å². The van der Waals surface area contributed by atoms with E-state index in [2.05, 4.69) is 13.5 Å². The average Bonchev–Trinajstić information content (AvgIpc) is 1.91. The van der Waals surface area contributed by atoms with Crippen molar-refractivity contribution < 1.29 is 4.52 Å². The highest BCUT2D eigenvalue weighted by atomic mass is 31.2. The molecule has 2 atom stereocenters. The van der Waals surface area contributed by atoms with Crippen LogP contribution >= 0.6 is 25.1 Å². The lowest BCUT2D eigenvalue weighted by Gasteiger charge is -1.95. The third kappa shape index (κ3) is 2.55. The van der Waals surface area contributed by atoms with Crippen molar-refractivity contribution in [1.29, 1.82) is 0 Å². The summed E-state index contributed by atoms with van der Waals surface area (Å²) >= 11 is 0. The maximum Gasteiger partial charge on any atom is 0.202 e. The Labute approximate surface area is 57.5 Å². The molecule has 1 heterocycles. The molecular weight excluding hydrogens is 175 g/mol. The molecule has 0 aliphatic carbocycles. The zero-order chi connectivity index (χ0) is 6.53. The van der Waals surface area contributed by atoms with Crippen LogP contribution in [0.1, 0.15) is 6.92 Å². The number of hydrogen-bond acceptors (Lipinski definition) is 2. The lowest BCUT2D eigenvalue weighted by atomic mass is 10.9. The van der Waals surface area contributed by atoms with Gasteiger partial charge in [0.05, 0.1) is 6.61 Å². The van der Waals surface area contributed by atoms with Crippen molar-refractivity contribution in [2.45, 2.75) is 6.92 Å². The van der Waals surface area contributed by atoms with Gasteiger partial charge in [-0.1, -0.05) is 0 Å². The molecule has 2 N–H and O–H groups in total. The number of rotatable bonds is 2. The number of H-pyrrole nitrogens is 2. The van der Waals surface area contributed by atoms with Gasteiger partial charge in [0.25, 0.3) is 0 Å². The first-order valence-corrected chi connectivity index (χ1v) is 5.59. The summed E-state index contributed by atoms with van der Waals surface area (Å²) < 4.78 is 15.5. The van der Waals surface area contributed by atoms with Crippen LogP contribution < -0.4 is 4.52 Å². The normalized spacial score (nSPS) is 13.2. The van der Waals surface area contributed by atoms with Crippen LogP contribution in [0.25, 0.3) is 0 Å². The average molecular weight is 183 g/mol. The van der Waals surface area contributed by atoms with Crippen molar-refractivity contribution >= 4 is 25.1 Å². The summed E-state index contributed by atoms with van der Waals surface area (Å²) in [5, 5.41) is 0. The fourth-order valence-corrected chi connectivity index (χ4v) is 3.79. The molecule has 0 amide bonds. The maximum absolute atomic E-state index is 5.23. The summed E-state index contributed by atoms with van der Waals surface area (Å²) in [5.74, 6) is 0. The monoisotopic (exact) mass is 183 g/mol. The zero-order valence-electron chi connectivity index (χ0n) is 4.96. The minimum Gasteiger partial charge on any atom is -0.304 e. The van der Waals surface area contributed by atoms with E-state index in [1.165, 1.54) is 0 Å². The van der Waals surface area contributed by atoms with Crippen molar-refractivity contribution in [2.24, 2.45) is 0 Å². The molecule has 7 heteroatoms. The van der Waals surface area contributed by atoms with Crippen LogP contribution in [0.15, 0.2) is 0 Å². The summed E-state index contributed by atoms with van der Waals surface area (Å²) in [6.07, 6.45) is 0. The first-order valence-electron chi connectivity index (χ1n) is 2.53. The highest BCUT2D eigenvalue weighted by Crippen LogP contribution is 2.17. The van der Waals surface area contributed by atoms with Crippen molar-refractivity contribution in [3.63, 3.8) is 0 Å². The predicted octanol–water partition coefficient (Wildman–Crippen LogP) is 1.91. The summed E-state index contributed by atoms with van der Waals surface area (Å²) in [4.78, 5) is 0. The first kappa shape index (κ1) is 7.37. The summed E-state index contributed by atoms with van der Waals surface area (Å²) in [6.45, 7) is 2.71. The number of hydrogen-bond donors (Lipinski definition) is 2. The van der Waals surface area contributed by atoms with Gasteiger partial charge in [0.15, 0.2) is 0 Å². The molecular formula is C2H8N3OP3. The highest BCUT2D eigenvalue weighted by Gasteiger charge is 1.85. The summed E-state index contributed by atoms with van der Waals surface area (Å²) in [7, 11) is 0.876. The quantitative estimate of drug-likeness (QED) is 0.735. The lowest BCUT2D eigenvalue weighted by Crippen LogP contribution is -1.88. The topological polar surface area (TPSA) is 53.7 Å². The van der Waals surface area contributed by atoms with E-state index in [0.717, 1.165) is 15.1 Å². The third-order valence-electron chi connectivity index (χ3n) is 0.635. The van der Waals surface area contributed by atoms with Crippen molar-refractivity contribution in [3.8, 4) is 0 Å². The smallest absolute Gasteiger partial charge is 0.202 e. The molecule has 1 rings (SSSR count). The fourth-order valence-electron chi connectivity index (χ4n) is 0.364. The van der Waals surface area contributed by atoms with Gasteiger partial charge < -0.3 is 9.03 Å². The van der Waals surface area contributed by atoms with Gasteiger partial charge in [-0.05, 0) is 6.92 Å². The second-order valence-corrected chi connectivity index (χ2v) is 4.99. The zero-order valence-corrected chi connectivity index (χ0v) is 7.75. The molecule has 0 spiro atoms. The fraction of sp³-hybridized carbons (Fsp3) is 1.00. The van der Waals surface area contributed by atoms with E-state index in [1.54, 1.807) is 0 Å². The largest absolute Gasteiger partial charge is 0.304 e. The number of aromatic nitrogens is 3. The number of nitrogens with zero attached hydrogens (tertiary/aromatic N) is 1. The first-order chi connectivity index (χ1) is 4.43. The van der Waals surface area contributed by atoms with E-state index in [-0.39, 0.29) is 0 Å². The Balaban J connectivity index is 2.61. The van der Waals surface area contributed by atoms with Crippen LogP contribution in [0, 0.1) is 0 Å². The Bertz CT molecular complexity index is 170. The predicted molar refractivity (Wildman–Crippen MR) is 42.4 cm³/mol. The maximum atomic E-state index is 5.23. The molecule has 9 heavy (non-hydrogen) atoms. The van der Waals surface area contributed by atoms with Gasteiger partial charge in [-0.25, -0.2) is 0 Å². The van der Waals surface area contributed by atoms with E-state index < -0.39 is 8.08 Å². The molecule has 0 aliphatic heterocycles. The Morgan fingerprint density at radius 2 is 2.78 bits per heavy atom. The standard InChI is InChI=1S/C2H8N3OP3/c1-2-6-9-4-7-3-8-5-9/h4,7H,2H2,1H3,(H,3,5). The molecule has 0 fully saturated rings. The van der Waals surface area contributed by atoms with Gasteiger partial charge in [0, 0.05) is 8.51 Å². The van der Waals surface area contributed by atoms with E-state index in [4.69, 9.17) is 4.52 Å². The lowest BCUT2D eigenvalue weighted by molar-refractivity contribution is 0.454. The molecule has 1 aromatic heterocycles. The van der Waals surface area contributed by atoms with Gasteiger partial charge in [0.2, 0.25) is 8.08 Å². The van der Waals surface area contributed by atoms with Crippen molar-refractivity contribution in [1.82, 2.24) is 13.5 Å². The summed E-state index contributed by atoms with van der Waals surface area (Å²) in [6, 6.07) is 0. The van der Waals surface area contributed by atoms with Gasteiger partial charge in [-0.2, -0.15) is 4.51 Å². The number of aromatic amines is 2. The molecule has 0 radical (unpaired) electrons. The molecule has 52 valence electrons. The molecule has 0 bridgehead atoms. The van der Waals surface area contributed by atoms with Gasteiger partial charge in [-0.15, -0.1) is 0 Å². The Morgan fingerprint density at radius 3 is 3.33 bits per heavy atom. The van der Waals surface area contributed by atoms with Crippen LogP contribution in [0.3, 0.4) is 0 Å². The Kier molecular flexibility index (Phi) is 3.39. The van der Waals surface area contributed by atoms with E-state index in [1.807, 2.05) is 6.92 Å². The van der Waals surface area contributed by atoms with E-state index in [0.29, 0.717) is 8.51 Å². The molecule has 0 saturated heterocycles. The molecule has 2 unspecified atom stereocenters. The van der Waals surface area contributed by atoms with Crippen molar-refractivity contribution in [3.05, 3.63) is 0 Å². The molecule has 1 aromatic rings. The van der Waals surface area contributed by atoms with Crippen LogP contribution in [-0.4, -0.2) is 20.1 Å².